The molecule has 9 heteroatoms. The van der Waals surface area contributed by atoms with E-state index < -0.39 is 5.91 Å². The number of nitrogens with one attached hydrogen (secondary N) is 2. The molecule has 0 saturated heterocycles. The van der Waals surface area contributed by atoms with Crippen LogP contribution in [0, 0.1) is 6.92 Å². The lowest BCUT2D eigenvalue weighted by molar-refractivity contribution is -0.114. The average Bonchev–Trinajstić information content (AvgIpc) is 2.95. The Morgan fingerprint density at radius 1 is 1.12 bits per heavy atom. The van der Waals surface area contributed by atoms with E-state index in [1.165, 1.54) is 5.56 Å². The predicted octanol–water partition coefficient (Wildman–Crippen LogP) is 4.64. The Balaban J connectivity index is 1.70. The molecule has 0 bridgehead atoms. The van der Waals surface area contributed by atoms with Crippen LogP contribution in [0.3, 0.4) is 0 Å². The number of nitrogens with two attached hydrogens (primary N) is 1. The minimum Gasteiger partial charge on any atom is -0.497 e. The van der Waals surface area contributed by atoms with Gasteiger partial charge in [-0.25, -0.2) is 0 Å². The van der Waals surface area contributed by atoms with Crippen molar-refractivity contribution in [2.75, 3.05) is 39.2 Å². The molecule has 0 aliphatic heterocycles. The van der Waals surface area contributed by atoms with Gasteiger partial charge in [0, 0.05) is 54.2 Å². The van der Waals surface area contributed by atoms with E-state index in [-0.39, 0.29) is 12.5 Å². The Labute approximate surface area is 243 Å². The third-order valence-corrected chi connectivity index (χ3v) is 8.31. The Hall–Kier alpha value is -3.23. The minimum atomic E-state index is -0.572. The van der Waals surface area contributed by atoms with E-state index in [1.54, 1.807) is 27.1 Å². The summed E-state index contributed by atoms with van der Waals surface area (Å²) >= 11 is 6.54. The first kappa shape index (κ1) is 31.3. The molecule has 2 aromatic rings. The fraction of sp³-hybridized carbons (Fsp3) is 0.484. The van der Waals surface area contributed by atoms with E-state index in [4.69, 9.17) is 22.1 Å². The fourth-order valence-corrected chi connectivity index (χ4v) is 5.85. The number of anilines is 1. The lowest BCUT2D eigenvalue weighted by atomic mass is 9.88. The van der Waals surface area contributed by atoms with Gasteiger partial charge < -0.3 is 26.0 Å². The quantitative estimate of drug-likeness (QED) is 0.322. The van der Waals surface area contributed by atoms with Gasteiger partial charge in [0.25, 0.3) is 5.91 Å². The average molecular weight is 570 g/mol. The molecule has 0 atom stereocenters. The van der Waals surface area contributed by atoms with Gasteiger partial charge in [0.1, 0.15) is 5.75 Å². The molecule has 2 aromatic carbocycles. The highest BCUT2D eigenvalue weighted by Crippen LogP contribution is 2.34. The number of carbonyl (C=O) groups is 2. The molecule has 0 heterocycles. The van der Waals surface area contributed by atoms with Gasteiger partial charge in [-0.3, -0.25) is 14.5 Å². The Bertz CT molecular complexity index is 1220. The second-order valence-corrected chi connectivity index (χ2v) is 10.9. The highest BCUT2D eigenvalue weighted by molar-refractivity contribution is 6.31. The summed E-state index contributed by atoms with van der Waals surface area (Å²) < 4.78 is 5.38. The summed E-state index contributed by atoms with van der Waals surface area (Å²) in [6.07, 6.45) is 4.32. The number of amides is 2. The van der Waals surface area contributed by atoms with Crippen molar-refractivity contribution in [3.8, 4) is 5.75 Å². The van der Waals surface area contributed by atoms with Crippen LogP contribution in [0.4, 0.5) is 5.69 Å². The highest BCUT2D eigenvalue weighted by Gasteiger charge is 2.29. The lowest BCUT2D eigenvalue weighted by Gasteiger charge is -2.41. The number of nitrogens with zero attached hydrogens (tertiary/aromatic N) is 2. The molecule has 0 spiro atoms. The zero-order chi connectivity index (χ0) is 29.4. The summed E-state index contributed by atoms with van der Waals surface area (Å²) in [7, 11) is 5.61. The van der Waals surface area contributed by atoms with Crippen LogP contribution in [0.1, 0.15) is 61.0 Å². The molecule has 8 nitrogen and oxygen atoms in total. The maximum Gasteiger partial charge on any atom is 0.251 e. The summed E-state index contributed by atoms with van der Waals surface area (Å²) in [5, 5.41) is 6.27. The molecule has 4 N–H and O–H groups in total. The molecule has 3 rings (SSSR count). The van der Waals surface area contributed by atoms with Crippen molar-refractivity contribution in [3.63, 3.8) is 0 Å². The normalized spacial score (nSPS) is 17.7. The van der Waals surface area contributed by atoms with Gasteiger partial charge in [-0.2, -0.15) is 0 Å². The number of hydrogen-bond donors (Lipinski definition) is 3. The number of primary amides is 1. The second kappa shape index (κ2) is 14.4. The fourth-order valence-electron chi connectivity index (χ4n) is 5.64. The SMILES string of the molecule is CCN(c1cc(Cl)cc(C(=O)NC/C(C(N)=O)=C(\C)NC)c1C)C1CCC(N(C)Cc2cccc(OC)c2)CC1. The maximum absolute atomic E-state index is 13.2. The van der Waals surface area contributed by atoms with Crippen molar-refractivity contribution in [1.82, 2.24) is 15.5 Å². The smallest absolute Gasteiger partial charge is 0.251 e. The van der Waals surface area contributed by atoms with Gasteiger partial charge in [0.2, 0.25) is 5.91 Å². The number of halogens is 1. The summed E-state index contributed by atoms with van der Waals surface area (Å²) in [6, 6.07) is 12.8. The van der Waals surface area contributed by atoms with E-state index in [0.29, 0.717) is 33.9 Å². The van der Waals surface area contributed by atoms with Crippen molar-refractivity contribution in [2.45, 2.75) is 65.1 Å². The van der Waals surface area contributed by atoms with Crippen molar-refractivity contribution in [2.24, 2.45) is 5.73 Å². The molecule has 0 aromatic heterocycles. The summed E-state index contributed by atoms with van der Waals surface area (Å²) in [4.78, 5) is 29.9. The van der Waals surface area contributed by atoms with Crippen LogP contribution in [-0.2, 0) is 11.3 Å². The number of hydrogen-bond acceptors (Lipinski definition) is 6. The van der Waals surface area contributed by atoms with Crippen LogP contribution in [0.15, 0.2) is 47.7 Å². The molecule has 1 aliphatic carbocycles. The molecule has 1 aliphatic rings. The predicted molar refractivity (Wildman–Crippen MR) is 163 cm³/mol. The third kappa shape index (κ3) is 7.70. The molecule has 0 radical (unpaired) electrons. The van der Waals surface area contributed by atoms with Crippen LogP contribution in [0.25, 0.3) is 0 Å². The lowest BCUT2D eigenvalue weighted by Crippen LogP contribution is -2.43. The summed E-state index contributed by atoms with van der Waals surface area (Å²) in [5.74, 6) is 0.0244. The number of carbonyl (C=O) groups excluding carboxylic acids is 2. The summed E-state index contributed by atoms with van der Waals surface area (Å²) in [5.41, 5.74) is 10.1. The van der Waals surface area contributed by atoms with Gasteiger partial charge in [0.15, 0.2) is 0 Å². The highest BCUT2D eigenvalue weighted by atomic mass is 35.5. The number of ether oxygens (including phenoxy) is 1. The van der Waals surface area contributed by atoms with Crippen LogP contribution in [0.2, 0.25) is 5.02 Å². The second-order valence-electron chi connectivity index (χ2n) is 10.5. The van der Waals surface area contributed by atoms with Crippen molar-refractivity contribution < 1.29 is 14.3 Å². The molecule has 1 saturated carbocycles. The molecule has 1 fully saturated rings. The molecular weight excluding hydrogens is 526 g/mol. The number of allylic oxidation sites excluding steroid dienone is 1. The van der Waals surface area contributed by atoms with Gasteiger partial charge in [-0.1, -0.05) is 23.7 Å². The topological polar surface area (TPSA) is 99.9 Å². The maximum atomic E-state index is 13.2. The molecule has 40 heavy (non-hydrogen) atoms. The first-order valence-corrected chi connectivity index (χ1v) is 14.3. The number of benzene rings is 2. The van der Waals surface area contributed by atoms with Gasteiger partial charge >= 0.3 is 0 Å². The van der Waals surface area contributed by atoms with E-state index >= 15 is 0 Å². The van der Waals surface area contributed by atoms with Gasteiger partial charge in [0.05, 0.1) is 19.2 Å². The van der Waals surface area contributed by atoms with Crippen molar-refractivity contribution in [1.29, 1.82) is 0 Å². The zero-order valence-electron chi connectivity index (χ0n) is 24.6. The van der Waals surface area contributed by atoms with Crippen molar-refractivity contribution >= 4 is 29.1 Å². The standard InChI is InChI=1S/C31H44ClN5O3/c1-7-37(25-13-11-24(12-14-25)36(5)19-22-9-8-10-26(15-22)40-6)29-17-23(32)16-27(20(29)2)31(39)35-18-28(30(33)38)21(3)34-4/h8-10,15-17,24-25,34H,7,11-14,18-19H2,1-6H3,(H2,33,38)(H,35,39)/b28-21-. The molecular formula is C31H44ClN5O3. The Morgan fingerprint density at radius 3 is 2.40 bits per heavy atom. The van der Waals surface area contributed by atoms with E-state index in [9.17, 15) is 9.59 Å². The van der Waals surface area contributed by atoms with Crippen LogP contribution < -0.4 is 26.0 Å². The number of methoxy groups -OCH3 is 1. The monoisotopic (exact) mass is 569 g/mol. The van der Waals surface area contributed by atoms with Gasteiger partial charge in [-0.05, 0) is 88.9 Å². The molecule has 2 amide bonds. The first-order valence-electron chi connectivity index (χ1n) is 13.9. The summed E-state index contributed by atoms with van der Waals surface area (Å²) in [6.45, 7) is 7.59. The van der Waals surface area contributed by atoms with Crippen LogP contribution in [0.5, 0.6) is 5.75 Å². The third-order valence-electron chi connectivity index (χ3n) is 8.09. The van der Waals surface area contributed by atoms with Crippen LogP contribution >= 0.6 is 11.6 Å². The van der Waals surface area contributed by atoms with Gasteiger partial charge in [-0.15, -0.1) is 0 Å². The van der Waals surface area contributed by atoms with E-state index in [2.05, 4.69) is 46.5 Å². The largest absolute Gasteiger partial charge is 0.497 e. The first-order chi connectivity index (χ1) is 19.1. The number of rotatable bonds is 12. The molecule has 0 unspecified atom stereocenters. The Morgan fingerprint density at radius 2 is 1.80 bits per heavy atom. The Kier molecular flexibility index (Phi) is 11.3. The van der Waals surface area contributed by atoms with E-state index in [1.807, 2.05) is 25.1 Å². The van der Waals surface area contributed by atoms with E-state index in [0.717, 1.165) is 55.8 Å². The van der Waals surface area contributed by atoms with Crippen LogP contribution in [-0.4, -0.2) is 63.1 Å². The minimum absolute atomic E-state index is 0.0346. The molecule has 218 valence electrons. The zero-order valence-corrected chi connectivity index (χ0v) is 25.4. The van der Waals surface area contributed by atoms with Crippen molar-refractivity contribution in [3.05, 3.63) is 69.4 Å².